The molecule has 0 rings (SSSR count). The molecule has 0 bridgehead atoms. The Balaban J connectivity index is 4.00. The van der Waals surface area contributed by atoms with E-state index >= 15 is 0 Å². The summed E-state index contributed by atoms with van der Waals surface area (Å²) >= 11 is 0. The summed E-state index contributed by atoms with van der Waals surface area (Å²) in [5.74, 6) is -1.30. The molecule has 0 saturated carbocycles. The van der Waals surface area contributed by atoms with Crippen molar-refractivity contribution in [2.24, 2.45) is 0 Å². The first-order valence-corrected chi connectivity index (χ1v) is 5.18. The average Bonchev–Trinajstić information content (AvgIpc) is 2.24. The Bertz CT molecular complexity index is 223. The second-order valence-corrected chi connectivity index (χ2v) is 3.39. The van der Waals surface area contributed by atoms with E-state index in [9.17, 15) is 4.79 Å². The lowest BCUT2D eigenvalue weighted by molar-refractivity contribution is -0.220. The van der Waals surface area contributed by atoms with Crippen LogP contribution in [0.3, 0.4) is 0 Å². The van der Waals surface area contributed by atoms with Crippen LogP contribution in [0.2, 0.25) is 0 Å². The van der Waals surface area contributed by atoms with Gasteiger partial charge < -0.3 is 9.47 Å². The van der Waals surface area contributed by atoms with E-state index in [-0.39, 0.29) is 0 Å². The Hall–Kier alpha value is -1.09. The third kappa shape index (κ3) is 6.07. The molecule has 0 saturated heterocycles. The maximum Gasteiger partial charge on any atom is 0.332 e. The van der Waals surface area contributed by atoms with Crippen LogP contribution in [-0.4, -0.2) is 18.4 Å². The maximum atomic E-state index is 11.0. The number of unbranched alkanes of at least 4 members (excludes halogenated alkanes) is 1. The van der Waals surface area contributed by atoms with Crippen LogP contribution >= 0.6 is 0 Å². The quantitative estimate of drug-likeness (QED) is 0.204. The van der Waals surface area contributed by atoms with Crippen molar-refractivity contribution < 1.29 is 14.3 Å². The van der Waals surface area contributed by atoms with E-state index in [0.29, 0.717) is 13.0 Å². The summed E-state index contributed by atoms with van der Waals surface area (Å²) in [6.07, 6.45) is 5.37. The SMILES string of the molecule is C=CCCCOC(C)(CC)OC(=O)C=C. The first kappa shape index (κ1) is 13.9. The van der Waals surface area contributed by atoms with Crippen LogP contribution in [0.4, 0.5) is 0 Å². The highest BCUT2D eigenvalue weighted by atomic mass is 16.7. The van der Waals surface area contributed by atoms with Gasteiger partial charge in [-0.1, -0.05) is 19.6 Å². The van der Waals surface area contributed by atoms with Crippen molar-refractivity contribution in [3.63, 3.8) is 0 Å². The molecule has 15 heavy (non-hydrogen) atoms. The van der Waals surface area contributed by atoms with Gasteiger partial charge in [0.1, 0.15) is 0 Å². The first-order chi connectivity index (χ1) is 7.08. The topological polar surface area (TPSA) is 35.5 Å². The lowest BCUT2D eigenvalue weighted by atomic mass is 10.2. The largest absolute Gasteiger partial charge is 0.430 e. The predicted molar refractivity (Wildman–Crippen MR) is 60.4 cm³/mol. The molecule has 0 aromatic carbocycles. The fourth-order valence-corrected chi connectivity index (χ4v) is 0.974. The summed E-state index contributed by atoms with van der Waals surface area (Å²) in [5, 5.41) is 0. The Morgan fingerprint density at radius 3 is 2.60 bits per heavy atom. The summed E-state index contributed by atoms with van der Waals surface area (Å²) in [6, 6.07) is 0. The third-order valence-electron chi connectivity index (χ3n) is 2.09. The van der Waals surface area contributed by atoms with E-state index in [1.54, 1.807) is 6.92 Å². The van der Waals surface area contributed by atoms with Crippen molar-refractivity contribution in [3.8, 4) is 0 Å². The van der Waals surface area contributed by atoms with Crippen LogP contribution in [0.1, 0.15) is 33.1 Å². The lowest BCUT2D eigenvalue weighted by Gasteiger charge is -2.27. The van der Waals surface area contributed by atoms with Gasteiger partial charge in [-0.3, -0.25) is 0 Å². The van der Waals surface area contributed by atoms with Crippen molar-refractivity contribution in [3.05, 3.63) is 25.3 Å². The zero-order chi connectivity index (χ0) is 11.7. The molecule has 1 atom stereocenters. The molecule has 0 radical (unpaired) electrons. The smallest absolute Gasteiger partial charge is 0.332 e. The predicted octanol–water partition coefficient (Wildman–Crippen LogP) is 2.82. The van der Waals surface area contributed by atoms with Crippen LogP contribution in [0.5, 0.6) is 0 Å². The van der Waals surface area contributed by atoms with Crippen molar-refractivity contribution in [1.82, 2.24) is 0 Å². The van der Waals surface area contributed by atoms with Gasteiger partial charge in [0.25, 0.3) is 0 Å². The number of ether oxygens (including phenoxy) is 2. The molecule has 0 amide bonds. The van der Waals surface area contributed by atoms with Crippen molar-refractivity contribution >= 4 is 5.97 Å². The molecule has 0 aromatic heterocycles. The maximum absolute atomic E-state index is 11.0. The van der Waals surface area contributed by atoms with Gasteiger partial charge >= 0.3 is 5.97 Å². The first-order valence-electron chi connectivity index (χ1n) is 5.18. The molecule has 3 heteroatoms. The molecule has 0 aliphatic heterocycles. The summed E-state index contributed by atoms with van der Waals surface area (Å²) in [6.45, 7) is 11.2. The van der Waals surface area contributed by atoms with Gasteiger partial charge in [-0.2, -0.15) is 0 Å². The second kappa shape index (κ2) is 7.23. The number of allylic oxidation sites excluding steroid dienone is 1. The molecule has 0 aromatic rings. The molecule has 0 fully saturated rings. The standard InChI is InChI=1S/C12H20O3/c1-5-8-9-10-14-12(4,7-3)15-11(13)6-2/h5-6H,1-2,7-10H2,3-4H3. The van der Waals surface area contributed by atoms with Gasteiger partial charge in [-0.05, 0) is 12.8 Å². The number of rotatable bonds is 8. The summed E-state index contributed by atoms with van der Waals surface area (Å²) in [4.78, 5) is 11.0. The van der Waals surface area contributed by atoms with E-state index in [0.717, 1.165) is 18.9 Å². The van der Waals surface area contributed by atoms with E-state index in [4.69, 9.17) is 9.47 Å². The highest BCUT2D eigenvalue weighted by molar-refractivity contribution is 5.81. The van der Waals surface area contributed by atoms with E-state index in [1.807, 2.05) is 13.0 Å². The average molecular weight is 212 g/mol. The van der Waals surface area contributed by atoms with Crippen LogP contribution in [-0.2, 0) is 14.3 Å². The van der Waals surface area contributed by atoms with Crippen LogP contribution in [0.25, 0.3) is 0 Å². The molecule has 0 aliphatic rings. The van der Waals surface area contributed by atoms with Gasteiger partial charge in [0.05, 0.1) is 6.61 Å². The fraction of sp³-hybridized carbons (Fsp3) is 0.583. The minimum Gasteiger partial charge on any atom is -0.430 e. The Morgan fingerprint density at radius 2 is 2.13 bits per heavy atom. The molecule has 0 N–H and O–H groups in total. The number of hydrogen-bond donors (Lipinski definition) is 0. The Kier molecular flexibility index (Phi) is 6.71. The highest BCUT2D eigenvalue weighted by Gasteiger charge is 2.26. The molecular weight excluding hydrogens is 192 g/mol. The number of hydrogen-bond acceptors (Lipinski definition) is 3. The van der Waals surface area contributed by atoms with E-state index in [2.05, 4.69) is 13.2 Å². The Labute approximate surface area is 91.8 Å². The normalized spacial score (nSPS) is 14.0. The Morgan fingerprint density at radius 1 is 1.47 bits per heavy atom. The van der Waals surface area contributed by atoms with Crippen molar-refractivity contribution in [2.45, 2.75) is 38.9 Å². The van der Waals surface area contributed by atoms with E-state index < -0.39 is 11.8 Å². The van der Waals surface area contributed by atoms with Gasteiger partial charge in [-0.15, -0.1) is 6.58 Å². The second-order valence-electron chi connectivity index (χ2n) is 3.39. The monoisotopic (exact) mass is 212 g/mol. The van der Waals surface area contributed by atoms with Gasteiger partial charge in [0.2, 0.25) is 5.79 Å². The van der Waals surface area contributed by atoms with Crippen molar-refractivity contribution in [2.75, 3.05) is 6.61 Å². The van der Waals surface area contributed by atoms with Crippen molar-refractivity contribution in [1.29, 1.82) is 0 Å². The van der Waals surface area contributed by atoms with Crippen LogP contribution in [0, 0.1) is 0 Å². The minimum atomic E-state index is -0.841. The molecule has 0 spiro atoms. The third-order valence-corrected chi connectivity index (χ3v) is 2.09. The molecule has 0 aliphatic carbocycles. The molecule has 0 heterocycles. The zero-order valence-corrected chi connectivity index (χ0v) is 9.62. The number of esters is 1. The van der Waals surface area contributed by atoms with Crippen LogP contribution in [0.15, 0.2) is 25.3 Å². The molecule has 86 valence electrons. The summed E-state index contributed by atoms with van der Waals surface area (Å²) in [5.41, 5.74) is 0. The minimum absolute atomic E-state index is 0.455. The highest BCUT2D eigenvalue weighted by Crippen LogP contribution is 2.18. The number of carbonyl (C=O) groups excluding carboxylic acids is 1. The summed E-state index contributed by atoms with van der Waals surface area (Å²) in [7, 11) is 0. The lowest BCUT2D eigenvalue weighted by Crippen LogP contribution is -2.34. The van der Waals surface area contributed by atoms with E-state index in [1.165, 1.54) is 0 Å². The van der Waals surface area contributed by atoms with Gasteiger partial charge in [-0.25, -0.2) is 4.79 Å². The molecule has 3 nitrogen and oxygen atoms in total. The zero-order valence-electron chi connectivity index (χ0n) is 9.62. The summed E-state index contributed by atoms with van der Waals surface area (Å²) < 4.78 is 10.6. The van der Waals surface area contributed by atoms with Gasteiger partial charge in [0.15, 0.2) is 0 Å². The number of carbonyl (C=O) groups is 1. The fourth-order valence-electron chi connectivity index (χ4n) is 0.974. The molecular formula is C12H20O3. The van der Waals surface area contributed by atoms with Crippen LogP contribution < -0.4 is 0 Å². The molecule has 1 unspecified atom stereocenters. The van der Waals surface area contributed by atoms with Gasteiger partial charge in [0, 0.05) is 19.4 Å².